The normalized spacial score (nSPS) is 11.5. The second kappa shape index (κ2) is 5.58. The molecule has 0 N–H and O–H groups in total. The van der Waals surface area contributed by atoms with Gasteiger partial charge in [-0.25, -0.2) is 9.97 Å². The van der Waals surface area contributed by atoms with Crippen LogP contribution in [-0.2, 0) is 5.41 Å². The highest BCUT2D eigenvalue weighted by atomic mass is 35.5. The van der Waals surface area contributed by atoms with Gasteiger partial charge in [-0.3, -0.25) is 0 Å². The van der Waals surface area contributed by atoms with E-state index in [1.54, 1.807) is 25.3 Å². The molecular weight excluding hydrogens is 295 g/mol. The number of halogens is 2. The van der Waals surface area contributed by atoms with Crippen molar-refractivity contribution in [1.82, 2.24) is 9.97 Å². The van der Waals surface area contributed by atoms with Crippen molar-refractivity contribution in [2.45, 2.75) is 26.2 Å². The van der Waals surface area contributed by atoms with Crippen molar-refractivity contribution in [2.75, 3.05) is 7.11 Å². The molecule has 0 aliphatic rings. The zero-order valence-electron chi connectivity index (χ0n) is 11.9. The molecule has 0 bridgehead atoms. The molecule has 20 heavy (non-hydrogen) atoms. The van der Waals surface area contributed by atoms with Gasteiger partial charge in [0, 0.05) is 11.0 Å². The zero-order chi connectivity index (χ0) is 14.9. The Morgan fingerprint density at radius 1 is 1.05 bits per heavy atom. The molecule has 1 aromatic carbocycles. The Kier molecular flexibility index (Phi) is 4.21. The Hall–Kier alpha value is -1.32. The molecular formula is C15H16Cl2N2O. The maximum atomic E-state index is 6.14. The first-order valence-corrected chi connectivity index (χ1v) is 6.96. The number of benzene rings is 1. The van der Waals surface area contributed by atoms with E-state index in [0.29, 0.717) is 21.7 Å². The largest absolute Gasteiger partial charge is 0.495 e. The average molecular weight is 311 g/mol. The summed E-state index contributed by atoms with van der Waals surface area (Å²) in [7, 11) is 1.58. The van der Waals surface area contributed by atoms with Crippen molar-refractivity contribution < 1.29 is 4.74 Å². The Morgan fingerprint density at radius 3 is 2.30 bits per heavy atom. The van der Waals surface area contributed by atoms with E-state index in [-0.39, 0.29) is 5.41 Å². The summed E-state index contributed by atoms with van der Waals surface area (Å²) in [5.74, 6) is 1.18. The third-order valence-corrected chi connectivity index (χ3v) is 3.36. The van der Waals surface area contributed by atoms with Crippen LogP contribution >= 0.6 is 23.2 Å². The maximum absolute atomic E-state index is 6.14. The van der Waals surface area contributed by atoms with Crippen LogP contribution in [0.4, 0.5) is 0 Å². The fourth-order valence-corrected chi connectivity index (χ4v) is 2.18. The van der Waals surface area contributed by atoms with Crippen LogP contribution in [0.2, 0.25) is 10.2 Å². The molecule has 5 heteroatoms. The molecule has 0 saturated heterocycles. The Balaban J connectivity index is 2.53. The summed E-state index contributed by atoms with van der Waals surface area (Å²) in [4.78, 5) is 8.85. The Bertz CT molecular complexity index is 636. The van der Waals surface area contributed by atoms with Gasteiger partial charge in [0.25, 0.3) is 0 Å². The fraction of sp³-hybridized carbons (Fsp3) is 0.333. The number of aromatic nitrogens is 2. The summed E-state index contributed by atoms with van der Waals surface area (Å²) in [5.41, 5.74) is 1.60. The van der Waals surface area contributed by atoms with E-state index in [4.69, 9.17) is 27.9 Å². The standard InChI is InChI=1S/C15H16Cl2N2O/c1-15(2,3)12-8-13(17)19-14(18-12)9-5-6-11(20-4)10(16)7-9/h5-8H,1-4H3. The summed E-state index contributed by atoms with van der Waals surface area (Å²) in [6, 6.07) is 7.22. The van der Waals surface area contributed by atoms with Crippen molar-refractivity contribution in [3.8, 4) is 17.1 Å². The summed E-state index contributed by atoms with van der Waals surface area (Å²) < 4.78 is 5.14. The predicted octanol–water partition coefficient (Wildman–Crippen LogP) is 4.76. The minimum absolute atomic E-state index is 0.0996. The van der Waals surface area contributed by atoms with Crippen LogP contribution < -0.4 is 4.74 Å². The van der Waals surface area contributed by atoms with Gasteiger partial charge in [-0.05, 0) is 24.3 Å². The van der Waals surface area contributed by atoms with Gasteiger partial charge in [0.1, 0.15) is 10.9 Å². The van der Waals surface area contributed by atoms with Gasteiger partial charge in [-0.2, -0.15) is 0 Å². The Morgan fingerprint density at radius 2 is 1.75 bits per heavy atom. The molecule has 0 atom stereocenters. The number of methoxy groups -OCH3 is 1. The van der Waals surface area contributed by atoms with Crippen molar-refractivity contribution in [3.05, 3.63) is 40.1 Å². The number of hydrogen-bond donors (Lipinski definition) is 0. The quantitative estimate of drug-likeness (QED) is 0.750. The minimum Gasteiger partial charge on any atom is -0.495 e. The number of hydrogen-bond acceptors (Lipinski definition) is 3. The second-order valence-electron chi connectivity index (χ2n) is 5.50. The average Bonchev–Trinajstić information content (AvgIpc) is 2.37. The highest BCUT2D eigenvalue weighted by Gasteiger charge is 2.18. The monoisotopic (exact) mass is 310 g/mol. The minimum atomic E-state index is -0.0996. The molecule has 0 aliphatic heterocycles. The molecule has 106 valence electrons. The van der Waals surface area contributed by atoms with E-state index in [1.165, 1.54) is 0 Å². The predicted molar refractivity (Wildman–Crippen MR) is 82.7 cm³/mol. The summed E-state index contributed by atoms with van der Waals surface area (Å²) in [5, 5.41) is 0.942. The smallest absolute Gasteiger partial charge is 0.161 e. The van der Waals surface area contributed by atoms with Crippen molar-refractivity contribution in [3.63, 3.8) is 0 Å². The first-order chi connectivity index (χ1) is 9.31. The van der Waals surface area contributed by atoms with Crippen LogP contribution in [0.25, 0.3) is 11.4 Å². The third kappa shape index (κ3) is 3.22. The molecule has 0 radical (unpaired) electrons. The lowest BCUT2D eigenvalue weighted by molar-refractivity contribution is 0.415. The topological polar surface area (TPSA) is 35.0 Å². The van der Waals surface area contributed by atoms with Gasteiger partial charge < -0.3 is 4.74 Å². The van der Waals surface area contributed by atoms with Crippen LogP contribution in [0, 0.1) is 0 Å². The lowest BCUT2D eigenvalue weighted by atomic mass is 9.92. The van der Waals surface area contributed by atoms with Crippen LogP contribution in [-0.4, -0.2) is 17.1 Å². The first-order valence-electron chi connectivity index (χ1n) is 6.20. The van der Waals surface area contributed by atoms with Gasteiger partial charge in [0.2, 0.25) is 0 Å². The van der Waals surface area contributed by atoms with Crippen LogP contribution in [0.1, 0.15) is 26.5 Å². The lowest BCUT2D eigenvalue weighted by Crippen LogP contribution is -2.14. The SMILES string of the molecule is COc1ccc(-c2nc(Cl)cc(C(C)(C)C)n2)cc1Cl. The van der Waals surface area contributed by atoms with Gasteiger partial charge in [0.15, 0.2) is 5.82 Å². The van der Waals surface area contributed by atoms with Gasteiger partial charge in [-0.15, -0.1) is 0 Å². The molecule has 0 aliphatic carbocycles. The molecule has 0 spiro atoms. The number of ether oxygens (including phenoxy) is 1. The van der Waals surface area contributed by atoms with Crippen molar-refractivity contribution in [2.24, 2.45) is 0 Å². The van der Waals surface area contributed by atoms with E-state index >= 15 is 0 Å². The van der Waals surface area contributed by atoms with Crippen molar-refractivity contribution >= 4 is 23.2 Å². The highest BCUT2D eigenvalue weighted by Crippen LogP contribution is 2.30. The van der Waals surface area contributed by atoms with E-state index < -0.39 is 0 Å². The van der Waals surface area contributed by atoms with Crippen LogP contribution in [0.5, 0.6) is 5.75 Å². The second-order valence-corrected chi connectivity index (χ2v) is 6.29. The van der Waals surface area contributed by atoms with Gasteiger partial charge >= 0.3 is 0 Å². The van der Waals surface area contributed by atoms with Gasteiger partial charge in [-0.1, -0.05) is 44.0 Å². The molecule has 1 heterocycles. The third-order valence-electron chi connectivity index (χ3n) is 2.87. The van der Waals surface area contributed by atoms with Gasteiger partial charge in [0.05, 0.1) is 17.8 Å². The molecule has 0 amide bonds. The highest BCUT2D eigenvalue weighted by molar-refractivity contribution is 6.32. The summed E-state index contributed by atoms with van der Waals surface area (Å²) >= 11 is 12.2. The summed E-state index contributed by atoms with van der Waals surface area (Å²) in [6.07, 6.45) is 0. The number of nitrogens with zero attached hydrogens (tertiary/aromatic N) is 2. The molecule has 2 rings (SSSR count). The first kappa shape index (κ1) is 15.1. The summed E-state index contributed by atoms with van der Waals surface area (Å²) in [6.45, 7) is 6.24. The van der Waals surface area contributed by atoms with E-state index in [9.17, 15) is 0 Å². The van der Waals surface area contributed by atoms with Crippen LogP contribution in [0.15, 0.2) is 24.3 Å². The molecule has 0 unspecified atom stereocenters. The fourth-order valence-electron chi connectivity index (χ4n) is 1.74. The number of rotatable bonds is 2. The molecule has 0 saturated carbocycles. The van der Waals surface area contributed by atoms with Crippen LogP contribution in [0.3, 0.4) is 0 Å². The molecule has 1 aromatic heterocycles. The molecule has 3 nitrogen and oxygen atoms in total. The van der Waals surface area contributed by atoms with E-state index in [1.807, 2.05) is 6.07 Å². The van der Waals surface area contributed by atoms with E-state index in [2.05, 4.69) is 30.7 Å². The Labute approximate surface area is 128 Å². The molecule has 2 aromatic rings. The molecule has 0 fully saturated rings. The van der Waals surface area contributed by atoms with Crippen molar-refractivity contribution in [1.29, 1.82) is 0 Å². The maximum Gasteiger partial charge on any atom is 0.161 e. The van der Waals surface area contributed by atoms with E-state index in [0.717, 1.165) is 11.3 Å². The lowest BCUT2D eigenvalue weighted by Gasteiger charge is -2.18. The zero-order valence-corrected chi connectivity index (χ0v) is 13.4.